The third-order valence-corrected chi connectivity index (χ3v) is 3.61. The maximum Gasteiger partial charge on any atom is 0.343 e. The van der Waals surface area contributed by atoms with E-state index in [1.165, 1.54) is 23.7 Å². The van der Waals surface area contributed by atoms with E-state index < -0.39 is 5.97 Å². The molecule has 1 aromatic carbocycles. The van der Waals surface area contributed by atoms with E-state index in [0.717, 1.165) is 11.3 Å². The maximum atomic E-state index is 12.0. The first-order valence-electron chi connectivity index (χ1n) is 6.04. The lowest BCUT2D eigenvalue weighted by atomic mass is 10.2. The summed E-state index contributed by atoms with van der Waals surface area (Å²) in [4.78, 5) is 15.8. The van der Waals surface area contributed by atoms with Gasteiger partial charge in [-0.05, 0) is 47.9 Å². The van der Waals surface area contributed by atoms with E-state index in [1.54, 1.807) is 24.3 Å². The second kappa shape index (κ2) is 6.39. The van der Waals surface area contributed by atoms with Gasteiger partial charge in [-0.15, -0.1) is 5.10 Å². The molecule has 0 aliphatic rings. The molecule has 0 bridgehead atoms. The minimum absolute atomic E-state index is 0.130. The van der Waals surface area contributed by atoms with Crippen molar-refractivity contribution < 1.29 is 9.53 Å². The second-order valence-electron chi connectivity index (χ2n) is 4.21. The van der Waals surface area contributed by atoms with Crippen molar-refractivity contribution in [2.24, 2.45) is 0 Å². The van der Waals surface area contributed by atoms with Gasteiger partial charge in [-0.3, -0.25) is 0 Å². The van der Waals surface area contributed by atoms with Crippen molar-refractivity contribution in [1.29, 1.82) is 0 Å². The summed E-state index contributed by atoms with van der Waals surface area (Å²) in [5.41, 5.74) is 1.90. The average Bonchev–Trinajstić information content (AvgIpc) is 3.01. The summed E-state index contributed by atoms with van der Waals surface area (Å²) < 4.78 is 9.07. The summed E-state index contributed by atoms with van der Waals surface area (Å²) in [6.07, 6.45) is 0. The van der Waals surface area contributed by atoms with Crippen LogP contribution in [0.2, 0.25) is 10.3 Å². The molecule has 3 rings (SSSR count). The third-order valence-electron chi connectivity index (χ3n) is 2.72. The van der Waals surface area contributed by atoms with Crippen LogP contribution in [0.5, 0.6) is 5.75 Å². The zero-order valence-electron chi connectivity index (χ0n) is 10.9. The summed E-state index contributed by atoms with van der Waals surface area (Å²) in [6.45, 7) is 0. The molecular weight excluding hydrogens is 345 g/mol. The molecule has 5 nitrogen and oxygen atoms in total. The number of hydrogen-bond acceptors (Lipinski definition) is 6. The van der Waals surface area contributed by atoms with Crippen LogP contribution in [0.15, 0.2) is 41.8 Å². The summed E-state index contributed by atoms with van der Waals surface area (Å²) in [7, 11) is 0. The summed E-state index contributed by atoms with van der Waals surface area (Å²) in [5.74, 6) is -0.157. The van der Waals surface area contributed by atoms with Gasteiger partial charge in [0.25, 0.3) is 0 Å². The van der Waals surface area contributed by atoms with Crippen LogP contribution in [0.25, 0.3) is 11.3 Å². The van der Waals surface area contributed by atoms with E-state index >= 15 is 0 Å². The number of rotatable bonds is 3. The van der Waals surface area contributed by atoms with Gasteiger partial charge >= 0.3 is 5.97 Å². The highest BCUT2D eigenvalue weighted by atomic mass is 35.5. The number of benzene rings is 1. The fourth-order valence-electron chi connectivity index (χ4n) is 1.73. The monoisotopic (exact) mass is 351 g/mol. The number of nitrogens with zero attached hydrogens (tertiary/aromatic N) is 3. The second-order valence-corrected chi connectivity index (χ2v) is 5.59. The van der Waals surface area contributed by atoms with Gasteiger partial charge in [0.1, 0.15) is 21.7 Å². The van der Waals surface area contributed by atoms with E-state index in [0.29, 0.717) is 5.75 Å². The Morgan fingerprint density at radius 1 is 1.09 bits per heavy atom. The molecule has 0 saturated carbocycles. The Labute approximate surface area is 139 Å². The van der Waals surface area contributed by atoms with Gasteiger partial charge < -0.3 is 4.74 Å². The van der Waals surface area contributed by atoms with Crippen LogP contribution in [-0.2, 0) is 0 Å². The molecule has 0 unspecified atom stereocenters. The number of pyridine rings is 1. The van der Waals surface area contributed by atoms with Gasteiger partial charge in [-0.1, -0.05) is 27.7 Å². The molecule has 0 fully saturated rings. The molecule has 0 radical (unpaired) electrons. The molecule has 0 spiro atoms. The number of halogens is 2. The lowest BCUT2D eigenvalue weighted by Crippen LogP contribution is -2.08. The first-order chi connectivity index (χ1) is 10.6. The van der Waals surface area contributed by atoms with Crippen LogP contribution in [0.3, 0.4) is 0 Å². The first-order valence-corrected chi connectivity index (χ1v) is 7.64. The van der Waals surface area contributed by atoms with E-state index in [4.69, 9.17) is 27.9 Å². The molecule has 0 aliphatic heterocycles. The zero-order chi connectivity index (χ0) is 15.5. The largest absolute Gasteiger partial charge is 0.423 e. The lowest BCUT2D eigenvalue weighted by Gasteiger charge is -2.05. The molecule has 2 aromatic heterocycles. The maximum absolute atomic E-state index is 12.0. The number of hydrogen-bond donors (Lipinski definition) is 0. The summed E-state index contributed by atoms with van der Waals surface area (Å²) >= 11 is 12.8. The van der Waals surface area contributed by atoms with Crippen LogP contribution in [0.1, 0.15) is 10.4 Å². The molecule has 22 heavy (non-hydrogen) atoms. The number of carbonyl (C=O) groups is 1. The fourth-order valence-corrected chi connectivity index (χ4v) is 2.66. The highest BCUT2D eigenvalue weighted by molar-refractivity contribution is 7.03. The van der Waals surface area contributed by atoms with E-state index in [9.17, 15) is 4.79 Å². The van der Waals surface area contributed by atoms with Gasteiger partial charge in [-0.25, -0.2) is 9.78 Å². The minimum atomic E-state index is -0.561. The Kier molecular flexibility index (Phi) is 4.33. The smallest absolute Gasteiger partial charge is 0.343 e. The lowest BCUT2D eigenvalue weighted by molar-refractivity contribution is 0.0734. The molecule has 3 aromatic rings. The molecule has 2 heterocycles. The Balaban J connectivity index is 1.76. The first kappa shape index (κ1) is 14.9. The van der Waals surface area contributed by atoms with Gasteiger partial charge in [0.15, 0.2) is 0 Å². The van der Waals surface area contributed by atoms with E-state index in [2.05, 4.69) is 14.6 Å². The molecule has 0 aliphatic carbocycles. The van der Waals surface area contributed by atoms with Crippen molar-refractivity contribution in [1.82, 2.24) is 14.6 Å². The van der Waals surface area contributed by atoms with Crippen molar-refractivity contribution in [2.75, 3.05) is 0 Å². The van der Waals surface area contributed by atoms with Gasteiger partial charge in [0.2, 0.25) is 0 Å². The van der Waals surface area contributed by atoms with Crippen molar-refractivity contribution in [3.63, 3.8) is 0 Å². The van der Waals surface area contributed by atoms with Crippen molar-refractivity contribution >= 4 is 40.7 Å². The Morgan fingerprint density at radius 2 is 1.77 bits per heavy atom. The number of carbonyl (C=O) groups excluding carboxylic acids is 1. The van der Waals surface area contributed by atoms with Gasteiger partial charge in [0.05, 0.1) is 5.56 Å². The van der Waals surface area contributed by atoms with Crippen LogP contribution < -0.4 is 4.74 Å². The third kappa shape index (κ3) is 3.41. The molecular formula is C14H7Cl2N3O2S. The van der Waals surface area contributed by atoms with Crippen LogP contribution in [0, 0.1) is 0 Å². The Hall–Kier alpha value is -2.02. The summed E-state index contributed by atoms with van der Waals surface area (Å²) in [5, 5.41) is 6.06. The molecule has 0 saturated heterocycles. The highest BCUT2D eigenvalue weighted by Crippen LogP contribution is 2.22. The van der Waals surface area contributed by atoms with Crippen LogP contribution >= 0.6 is 34.7 Å². The molecule has 0 atom stereocenters. The Bertz CT molecular complexity index is 787. The molecule has 110 valence electrons. The number of aromatic nitrogens is 3. The zero-order valence-corrected chi connectivity index (χ0v) is 13.2. The van der Waals surface area contributed by atoms with Gasteiger partial charge in [0, 0.05) is 10.9 Å². The van der Waals surface area contributed by atoms with Crippen LogP contribution in [0.4, 0.5) is 0 Å². The SMILES string of the molecule is O=C(Oc1ccc(-c2csnn2)cc1)c1cc(Cl)nc(Cl)c1. The van der Waals surface area contributed by atoms with Crippen LogP contribution in [-0.4, -0.2) is 20.5 Å². The van der Waals surface area contributed by atoms with Gasteiger partial charge in [-0.2, -0.15) is 0 Å². The fraction of sp³-hybridized carbons (Fsp3) is 0. The minimum Gasteiger partial charge on any atom is -0.423 e. The van der Waals surface area contributed by atoms with Crippen molar-refractivity contribution in [2.45, 2.75) is 0 Å². The standard InChI is InChI=1S/C14H7Cl2N3O2S/c15-12-5-9(6-13(16)17-12)14(20)21-10-3-1-8(2-4-10)11-7-22-19-18-11/h1-7H. The van der Waals surface area contributed by atoms with E-state index in [-0.39, 0.29) is 15.9 Å². The highest BCUT2D eigenvalue weighted by Gasteiger charge is 2.11. The number of ether oxygens (including phenoxy) is 1. The predicted octanol–water partition coefficient (Wildman–Crippen LogP) is 4.13. The topological polar surface area (TPSA) is 65.0 Å². The quantitative estimate of drug-likeness (QED) is 0.403. The summed E-state index contributed by atoms with van der Waals surface area (Å²) in [6, 6.07) is 9.74. The number of esters is 1. The van der Waals surface area contributed by atoms with Crippen molar-refractivity contribution in [3.8, 4) is 17.0 Å². The predicted molar refractivity (Wildman–Crippen MR) is 84.6 cm³/mol. The molecule has 0 N–H and O–H groups in total. The normalized spacial score (nSPS) is 10.5. The molecule has 0 amide bonds. The van der Waals surface area contributed by atoms with E-state index in [1.807, 2.05) is 5.38 Å². The average molecular weight is 352 g/mol. The van der Waals surface area contributed by atoms with Crippen molar-refractivity contribution in [3.05, 3.63) is 57.6 Å². The molecule has 8 heteroatoms. The Morgan fingerprint density at radius 3 is 2.36 bits per heavy atom.